The summed E-state index contributed by atoms with van der Waals surface area (Å²) in [5.41, 5.74) is 7.40. The second kappa shape index (κ2) is 2.08. The van der Waals surface area contributed by atoms with Crippen molar-refractivity contribution in [1.29, 1.82) is 0 Å². The molecule has 1 fully saturated rings. The molecular formula is C10H13N. The van der Waals surface area contributed by atoms with Crippen LogP contribution in [0.2, 0.25) is 0 Å². The van der Waals surface area contributed by atoms with Gasteiger partial charge in [-0.05, 0) is 18.9 Å². The Morgan fingerprint density at radius 1 is 1.36 bits per heavy atom. The number of benzene rings is 1. The third-order valence-corrected chi connectivity index (χ3v) is 2.48. The molecule has 1 saturated carbocycles. The monoisotopic (exact) mass is 147 g/mol. The second-order valence-electron chi connectivity index (χ2n) is 3.67. The Balaban J connectivity index is 2.21. The third kappa shape index (κ3) is 1.16. The SMILES string of the molecule is C[C@]1(N)C[C@H]1c1ccccc1. The van der Waals surface area contributed by atoms with Gasteiger partial charge >= 0.3 is 0 Å². The maximum absolute atomic E-state index is 5.94. The number of rotatable bonds is 1. The number of hydrogen-bond donors (Lipinski definition) is 1. The van der Waals surface area contributed by atoms with Crippen molar-refractivity contribution in [2.24, 2.45) is 5.73 Å². The molecule has 0 heterocycles. The first kappa shape index (κ1) is 6.86. The van der Waals surface area contributed by atoms with Crippen molar-refractivity contribution in [2.75, 3.05) is 0 Å². The lowest BCUT2D eigenvalue weighted by atomic mass is 10.1. The summed E-state index contributed by atoms with van der Waals surface area (Å²) in [5.74, 6) is 0.601. The molecular weight excluding hydrogens is 134 g/mol. The first-order chi connectivity index (χ1) is 5.20. The minimum absolute atomic E-state index is 0.0708. The molecule has 0 aromatic heterocycles. The average molecular weight is 147 g/mol. The van der Waals surface area contributed by atoms with Crippen LogP contribution in [0.5, 0.6) is 0 Å². The fraction of sp³-hybridized carbons (Fsp3) is 0.400. The molecule has 1 nitrogen and oxygen atoms in total. The molecule has 1 aromatic rings. The van der Waals surface area contributed by atoms with Crippen LogP contribution in [-0.4, -0.2) is 5.54 Å². The summed E-state index contributed by atoms with van der Waals surface area (Å²) < 4.78 is 0. The minimum atomic E-state index is 0.0708. The molecule has 1 aliphatic rings. The molecule has 11 heavy (non-hydrogen) atoms. The lowest BCUT2D eigenvalue weighted by Gasteiger charge is -2.02. The number of nitrogens with two attached hydrogens (primary N) is 1. The molecule has 1 heteroatoms. The highest BCUT2D eigenvalue weighted by molar-refractivity contribution is 5.31. The molecule has 0 unspecified atom stereocenters. The second-order valence-corrected chi connectivity index (χ2v) is 3.67. The van der Waals surface area contributed by atoms with E-state index in [9.17, 15) is 0 Å². The molecule has 0 aliphatic heterocycles. The predicted molar refractivity (Wildman–Crippen MR) is 46.4 cm³/mol. The summed E-state index contributed by atoms with van der Waals surface area (Å²) in [6.07, 6.45) is 1.14. The molecule has 58 valence electrons. The molecule has 0 saturated heterocycles. The molecule has 2 atom stereocenters. The van der Waals surface area contributed by atoms with Gasteiger partial charge in [0.05, 0.1) is 0 Å². The van der Waals surface area contributed by atoms with Gasteiger partial charge in [-0.1, -0.05) is 30.3 Å². The Labute approximate surface area is 67.2 Å². The summed E-state index contributed by atoms with van der Waals surface area (Å²) in [7, 11) is 0. The molecule has 0 spiro atoms. The summed E-state index contributed by atoms with van der Waals surface area (Å²) in [6.45, 7) is 2.12. The first-order valence-electron chi connectivity index (χ1n) is 4.04. The fourth-order valence-corrected chi connectivity index (χ4v) is 1.56. The highest BCUT2D eigenvalue weighted by atomic mass is 14.8. The van der Waals surface area contributed by atoms with Crippen LogP contribution < -0.4 is 5.73 Å². The zero-order valence-electron chi connectivity index (χ0n) is 6.75. The van der Waals surface area contributed by atoms with Gasteiger partial charge in [0, 0.05) is 11.5 Å². The zero-order valence-corrected chi connectivity index (χ0v) is 6.75. The molecule has 0 bridgehead atoms. The van der Waals surface area contributed by atoms with E-state index in [0.717, 1.165) is 6.42 Å². The largest absolute Gasteiger partial charge is 0.325 e. The van der Waals surface area contributed by atoms with Crippen LogP contribution in [0, 0.1) is 0 Å². The highest BCUT2D eigenvalue weighted by Gasteiger charge is 2.47. The summed E-state index contributed by atoms with van der Waals surface area (Å²) >= 11 is 0. The van der Waals surface area contributed by atoms with Gasteiger partial charge in [0.15, 0.2) is 0 Å². The third-order valence-electron chi connectivity index (χ3n) is 2.48. The fourth-order valence-electron chi connectivity index (χ4n) is 1.56. The van der Waals surface area contributed by atoms with E-state index in [2.05, 4.69) is 31.2 Å². The summed E-state index contributed by atoms with van der Waals surface area (Å²) in [4.78, 5) is 0. The standard InChI is InChI=1S/C10H13N/c1-10(11)7-9(10)8-5-3-2-4-6-8/h2-6,9H,7,11H2,1H3/t9-,10-/m0/s1. The molecule has 1 aromatic carbocycles. The quantitative estimate of drug-likeness (QED) is 0.645. The van der Waals surface area contributed by atoms with Crippen LogP contribution in [0.1, 0.15) is 24.8 Å². The van der Waals surface area contributed by atoms with E-state index in [-0.39, 0.29) is 5.54 Å². The smallest absolute Gasteiger partial charge is 0.0202 e. The molecule has 1 aliphatic carbocycles. The van der Waals surface area contributed by atoms with E-state index in [1.54, 1.807) is 0 Å². The van der Waals surface area contributed by atoms with Gasteiger partial charge in [-0.15, -0.1) is 0 Å². The van der Waals surface area contributed by atoms with Crippen LogP contribution in [0.25, 0.3) is 0 Å². The number of hydrogen-bond acceptors (Lipinski definition) is 1. The van der Waals surface area contributed by atoms with Gasteiger partial charge in [-0.2, -0.15) is 0 Å². The van der Waals surface area contributed by atoms with Crippen LogP contribution in [0.4, 0.5) is 0 Å². The van der Waals surface area contributed by atoms with Crippen LogP contribution in [-0.2, 0) is 0 Å². The average Bonchev–Trinajstić information content (AvgIpc) is 2.62. The van der Waals surface area contributed by atoms with Crippen molar-refractivity contribution in [3.63, 3.8) is 0 Å². The topological polar surface area (TPSA) is 26.0 Å². The Kier molecular flexibility index (Phi) is 1.30. The normalized spacial score (nSPS) is 35.3. The summed E-state index contributed by atoms with van der Waals surface area (Å²) in [5, 5.41) is 0. The van der Waals surface area contributed by atoms with Crippen LogP contribution >= 0.6 is 0 Å². The van der Waals surface area contributed by atoms with Crippen molar-refractivity contribution in [3.05, 3.63) is 35.9 Å². The van der Waals surface area contributed by atoms with E-state index in [1.165, 1.54) is 5.56 Å². The van der Waals surface area contributed by atoms with Gasteiger partial charge in [-0.25, -0.2) is 0 Å². The van der Waals surface area contributed by atoms with E-state index in [1.807, 2.05) is 6.07 Å². The van der Waals surface area contributed by atoms with Crippen molar-refractivity contribution < 1.29 is 0 Å². The first-order valence-corrected chi connectivity index (χ1v) is 4.04. The van der Waals surface area contributed by atoms with E-state index in [4.69, 9.17) is 5.73 Å². The van der Waals surface area contributed by atoms with Crippen molar-refractivity contribution in [3.8, 4) is 0 Å². The minimum Gasteiger partial charge on any atom is -0.325 e. The molecule has 2 rings (SSSR count). The van der Waals surface area contributed by atoms with Crippen molar-refractivity contribution in [1.82, 2.24) is 0 Å². The van der Waals surface area contributed by atoms with Gasteiger partial charge < -0.3 is 5.73 Å². The highest BCUT2D eigenvalue weighted by Crippen LogP contribution is 2.48. The van der Waals surface area contributed by atoms with E-state index in [0.29, 0.717) is 5.92 Å². The zero-order chi connectivity index (χ0) is 7.90. The van der Waals surface area contributed by atoms with E-state index < -0.39 is 0 Å². The lowest BCUT2D eigenvalue weighted by Crippen LogP contribution is -2.18. The lowest BCUT2D eigenvalue weighted by molar-refractivity contribution is 0.728. The molecule has 0 radical (unpaired) electrons. The maximum atomic E-state index is 5.94. The van der Waals surface area contributed by atoms with Gasteiger partial charge in [-0.3, -0.25) is 0 Å². The van der Waals surface area contributed by atoms with Gasteiger partial charge in [0.2, 0.25) is 0 Å². The van der Waals surface area contributed by atoms with Crippen LogP contribution in [0.15, 0.2) is 30.3 Å². The molecule has 2 N–H and O–H groups in total. The van der Waals surface area contributed by atoms with Crippen molar-refractivity contribution in [2.45, 2.75) is 24.8 Å². The van der Waals surface area contributed by atoms with E-state index >= 15 is 0 Å². The maximum Gasteiger partial charge on any atom is 0.0202 e. The Hall–Kier alpha value is -0.820. The van der Waals surface area contributed by atoms with Gasteiger partial charge in [0.25, 0.3) is 0 Å². The van der Waals surface area contributed by atoms with Crippen molar-refractivity contribution >= 4 is 0 Å². The predicted octanol–water partition coefficient (Wildman–Crippen LogP) is 1.89. The molecule has 0 amide bonds. The van der Waals surface area contributed by atoms with Crippen LogP contribution in [0.3, 0.4) is 0 Å². The Bertz CT molecular complexity index is 251. The van der Waals surface area contributed by atoms with Gasteiger partial charge in [0.1, 0.15) is 0 Å². The summed E-state index contributed by atoms with van der Waals surface area (Å²) in [6, 6.07) is 10.5. The Morgan fingerprint density at radius 2 is 1.91 bits per heavy atom. The Morgan fingerprint density at radius 3 is 2.36 bits per heavy atom.